The average molecular weight is 437 g/mol. The molecule has 0 unspecified atom stereocenters. The first-order chi connectivity index (χ1) is 14.8. The molecule has 2 aliphatic rings. The highest BCUT2D eigenvalue weighted by Crippen LogP contribution is 2.37. The van der Waals surface area contributed by atoms with Gasteiger partial charge in [-0.05, 0) is 49.6 Å². The normalized spacial score (nSPS) is 18.6. The molecule has 166 valence electrons. The molecule has 1 aromatic heterocycles. The molecule has 1 saturated carbocycles. The maximum atomic E-state index is 13.7. The van der Waals surface area contributed by atoms with Crippen LogP contribution < -0.4 is 10.6 Å². The van der Waals surface area contributed by atoms with Gasteiger partial charge in [-0.3, -0.25) is 4.79 Å². The fourth-order valence-electron chi connectivity index (χ4n) is 3.54. The molecule has 1 saturated heterocycles. The van der Waals surface area contributed by atoms with E-state index >= 15 is 0 Å². The highest BCUT2D eigenvalue weighted by atomic mass is 19.4. The molecule has 3 amide bonds. The number of alkyl halides is 3. The van der Waals surface area contributed by atoms with Gasteiger partial charge >= 0.3 is 12.2 Å². The predicted octanol–water partition coefficient (Wildman–Crippen LogP) is 4.58. The van der Waals surface area contributed by atoms with E-state index in [2.05, 4.69) is 10.6 Å². The van der Waals surface area contributed by atoms with Crippen LogP contribution in [0.15, 0.2) is 41.0 Å². The van der Waals surface area contributed by atoms with Gasteiger partial charge in [-0.25, -0.2) is 4.79 Å². The van der Waals surface area contributed by atoms with Crippen LogP contribution in [0.4, 0.5) is 29.3 Å². The molecular formula is C21H22F3N3O4. The summed E-state index contributed by atoms with van der Waals surface area (Å²) >= 11 is 0. The Kier molecular flexibility index (Phi) is 5.90. The number of hydrogen-bond donors (Lipinski definition) is 2. The minimum Gasteiger partial charge on any atom is -0.459 e. The van der Waals surface area contributed by atoms with Gasteiger partial charge in [0.15, 0.2) is 5.76 Å². The van der Waals surface area contributed by atoms with Crippen LogP contribution in [0.1, 0.15) is 35.4 Å². The van der Waals surface area contributed by atoms with Gasteiger partial charge in [0.25, 0.3) is 5.91 Å². The topological polar surface area (TPSA) is 83.8 Å². The Morgan fingerprint density at radius 3 is 2.55 bits per heavy atom. The van der Waals surface area contributed by atoms with Gasteiger partial charge in [0.1, 0.15) is 0 Å². The van der Waals surface area contributed by atoms with E-state index < -0.39 is 23.7 Å². The molecule has 10 heteroatoms. The van der Waals surface area contributed by atoms with Crippen molar-refractivity contribution in [3.8, 4) is 0 Å². The number of ether oxygens (including phenoxy) is 1. The lowest BCUT2D eigenvalue weighted by Crippen LogP contribution is -2.40. The number of amides is 3. The standard InChI is InChI=1S/C21H22F3N3O4/c22-21(23,24)16-10-14(25-19(28)18-2-1-8-31-18)3-6-17(16)26-20(29)27(15-4-5-15)11-13-7-9-30-12-13/h1-3,6,8,10,13,15H,4-5,7,9,11-12H2,(H,25,28)(H,26,29)/t13-/m0/s1. The number of halogens is 3. The SMILES string of the molecule is O=C(Nc1ccc(NC(=O)N(C[C@@H]2CCOC2)C2CC2)c(C(F)(F)F)c1)c1ccco1. The van der Waals surface area contributed by atoms with Gasteiger partial charge in [0.05, 0.1) is 24.1 Å². The van der Waals surface area contributed by atoms with Crippen molar-refractivity contribution >= 4 is 23.3 Å². The minimum absolute atomic E-state index is 0.0260. The molecule has 31 heavy (non-hydrogen) atoms. The van der Waals surface area contributed by atoms with E-state index in [9.17, 15) is 22.8 Å². The number of nitrogens with zero attached hydrogens (tertiary/aromatic N) is 1. The lowest BCUT2D eigenvalue weighted by molar-refractivity contribution is -0.136. The van der Waals surface area contributed by atoms with Gasteiger partial charge in [-0.15, -0.1) is 0 Å². The van der Waals surface area contributed by atoms with E-state index in [-0.39, 0.29) is 29.1 Å². The summed E-state index contributed by atoms with van der Waals surface area (Å²) in [6, 6.07) is 5.62. The van der Waals surface area contributed by atoms with Crippen molar-refractivity contribution in [2.45, 2.75) is 31.5 Å². The number of carbonyl (C=O) groups is 2. The summed E-state index contributed by atoms with van der Waals surface area (Å²) < 4.78 is 51.3. The number of rotatable bonds is 6. The van der Waals surface area contributed by atoms with Gasteiger partial charge < -0.3 is 24.7 Å². The summed E-state index contributed by atoms with van der Waals surface area (Å²) in [5.74, 6) is -0.511. The first kappa shape index (κ1) is 21.2. The van der Waals surface area contributed by atoms with E-state index in [1.54, 1.807) is 4.90 Å². The molecule has 4 rings (SSSR count). The summed E-state index contributed by atoms with van der Waals surface area (Å²) in [7, 11) is 0. The summed E-state index contributed by atoms with van der Waals surface area (Å²) in [6.07, 6.45) is -0.931. The fourth-order valence-corrected chi connectivity index (χ4v) is 3.54. The van der Waals surface area contributed by atoms with Gasteiger partial charge in [0, 0.05) is 30.8 Å². The van der Waals surface area contributed by atoms with Gasteiger partial charge in [-0.2, -0.15) is 13.2 Å². The van der Waals surface area contributed by atoms with Crippen LogP contribution in [0.3, 0.4) is 0 Å². The van der Waals surface area contributed by atoms with Crippen molar-refractivity contribution in [1.29, 1.82) is 0 Å². The van der Waals surface area contributed by atoms with Crippen molar-refractivity contribution in [1.82, 2.24) is 4.90 Å². The lowest BCUT2D eigenvalue weighted by Gasteiger charge is -2.26. The molecule has 2 heterocycles. The Balaban J connectivity index is 1.51. The Morgan fingerprint density at radius 2 is 1.94 bits per heavy atom. The molecular weight excluding hydrogens is 415 g/mol. The first-order valence-corrected chi connectivity index (χ1v) is 10.0. The number of carbonyl (C=O) groups excluding carboxylic acids is 2. The van der Waals surface area contributed by atoms with E-state index in [0.717, 1.165) is 31.4 Å². The zero-order valence-electron chi connectivity index (χ0n) is 16.6. The van der Waals surface area contributed by atoms with Crippen LogP contribution in [-0.2, 0) is 10.9 Å². The Hall–Kier alpha value is -3.01. The van der Waals surface area contributed by atoms with Crippen LogP contribution in [-0.4, -0.2) is 42.6 Å². The second-order valence-corrected chi connectivity index (χ2v) is 7.73. The highest BCUT2D eigenvalue weighted by Gasteiger charge is 2.38. The molecule has 2 aromatic rings. The molecule has 1 aromatic carbocycles. The van der Waals surface area contributed by atoms with Crippen LogP contribution in [0, 0.1) is 5.92 Å². The number of anilines is 2. The summed E-state index contributed by atoms with van der Waals surface area (Å²) in [6.45, 7) is 1.64. The summed E-state index contributed by atoms with van der Waals surface area (Å²) in [5, 5.41) is 4.78. The molecule has 0 bridgehead atoms. The third-order valence-corrected chi connectivity index (χ3v) is 5.30. The third kappa shape index (κ3) is 5.19. The van der Waals surface area contributed by atoms with Crippen molar-refractivity contribution in [3.05, 3.63) is 47.9 Å². The zero-order chi connectivity index (χ0) is 22.0. The highest BCUT2D eigenvalue weighted by molar-refractivity contribution is 6.02. The molecule has 2 N–H and O–H groups in total. The lowest BCUT2D eigenvalue weighted by atomic mass is 10.1. The van der Waals surface area contributed by atoms with Crippen LogP contribution in [0.25, 0.3) is 0 Å². The number of benzene rings is 1. The Morgan fingerprint density at radius 1 is 1.13 bits per heavy atom. The molecule has 0 radical (unpaired) electrons. The summed E-state index contributed by atoms with van der Waals surface area (Å²) in [4.78, 5) is 26.5. The smallest absolute Gasteiger partial charge is 0.418 e. The van der Waals surface area contributed by atoms with Crippen molar-refractivity contribution in [2.75, 3.05) is 30.4 Å². The number of nitrogens with one attached hydrogen (secondary N) is 2. The molecule has 1 aliphatic heterocycles. The Bertz CT molecular complexity index is 936. The van der Waals surface area contributed by atoms with E-state index in [4.69, 9.17) is 9.15 Å². The molecule has 0 spiro atoms. The average Bonchev–Trinajstić information content (AvgIpc) is 3.18. The van der Waals surface area contributed by atoms with Crippen molar-refractivity contribution in [3.63, 3.8) is 0 Å². The Labute approximate surface area is 176 Å². The number of furan rings is 1. The quantitative estimate of drug-likeness (QED) is 0.693. The van der Waals surface area contributed by atoms with E-state index in [1.807, 2.05) is 0 Å². The van der Waals surface area contributed by atoms with Crippen molar-refractivity contribution in [2.24, 2.45) is 5.92 Å². The maximum Gasteiger partial charge on any atom is 0.418 e. The maximum absolute atomic E-state index is 13.7. The predicted molar refractivity (Wildman–Crippen MR) is 106 cm³/mol. The molecule has 2 fully saturated rings. The molecule has 7 nitrogen and oxygen atoms in total. The second-order valence-electron chi connectivity index (χ2n) is 7.73. The molecule has 1 aliphatic carbocycles. The van der Waals surface area contributed by atoms with Crippen LogP contribution >= 0.6 is 0 Å². The van der Waals surface area contributed by atoms with Gasteiger partial charge in [0.2, 0.25) is 0 Å². The van der Waals surface area contributed by atoms with E-state index in [0.29, 0.717) is 19.8 Å². The van der Waals surface area contributed by atoms with Gasteiger partial charge in [-0.1, -0.05) is 0 Å². The second kappa shape index (κ2) is 8.62. The largest absolute Gasteiger partial charge is 0.459 e. The van der Waals surface area contributed by atoms with Crippen LogP contribution in [0.2, 0.25) is 0 Å². The number of urea groups is 1. The molecule has 1 atom stereocenters. The zero-order valence-corrected chi connectivity index (χ0v) is 16.6. The third-order valence-electron chi connectivity index (χ3n) is 5.30. The monoisotopic (exact) mass is 437 g/mol. The van der Waals surface area contributed by atoms with Crippen molar-refractivity contribution < 1.29 is 31.9 Å². The first-order valence-electron chi connectivity index (χ1n) is 10.0. The summed E-state index contributed by atoms with van der Waals surface area (Å²) in [5.41, 5.74) is -1.46. The number of hydrogen-bond acceptors (Lipinski definition) is 4. The fraction of sp³-hybridized carbons (Fsp3) is 0.429. The minimum atomic E-state index is -4.72. The van der Waals surface area contributed by atoms with E-state index in [1.165, 1.54) is 24.5 Å². The van der Waals surface area contributed by atoms with Crippen LogP contribution in [0.5, 0.6) is 0 Å².